The first-order valence-corrected chi connectivity index (χ1v) is 15.2. The lowest BCUT2D eigenvalue weighted by Gasteiger charge is -2.50. The Morgan fingerprint density at radius 1 is 1.16 bits per heavy atom. The minimum atomic E-state index is -0.949. The first-order chi connectivity index (χ1) is 21.9. The van der Waals surface area contributed by atoms with Gasteiger partial charge < -0.3 is 19.6 Å². The highest BCUT2D eigenvalue weighted by molar-refractivity contribution is 7.14. The number of β-lactam (4-membered cyclic amide) rings is 1. The average molecular weight is 650 g/mol. The molecule has 45 heavy (non-hydrogen) atoms. The van der Waals surface area contributed by atoms with Crippen molar-refractivity contribution >= 4 is 63.0 Å². The van der Waals surface area contributed by atoms with Crippen LogP contribution in [-0.2, 0) is 28.7 Å². The van der Waals surface area contributed by atoms with E-state index < -0.39 is 36.0 Å². The summed E-state index contributed by atoms with van der Waals surface area (Å²) in [7, 11) is 1.26. The standard InChI is InChI=1S/C29H27N7O7S2/c1-4-11-42-27(39)23-17(18-14-44-25(31-18)16-7-6-10-30-13-16)8-9-20-22(26(38)36(20)23)33-24(37)21(35-41-3)19-15-45-28(32-19)34-29(40)43-12-5-2/h4-7,10,13-15,20,22H,1-2,8-9,11-12H2,3H3,(H,33,37)(H,32,34,40)/b35-21-/t20-,22+/m1/s1. The summed E-state index contributed by atoms with van der Waals surface area (Å²) in [6, 6.07) is 2.22. The van der Waals surface area contributed by atoms with Gasteiger partial charge in [-0.3, -0.25) is 24.8 Å². The molecular formula is C29H27N7O7S2. The fraction of sp³-hybridized carbons (Fsp3) is 0.241. The van der Waals surface area contributed by atoms with Crippen molar-refractivity contribution in [2.45, 2.75) is 24.9 Å². The molecule has 0 bridgehead atoms. The molecule has 1 saturated heterocycles. The van der Waals surface area contributed by atoms with Crippen molar-refractivity contribution in [3.8, 4) is 10.6 Å². The average Bonchev–Trinajstić information content (AvgIpc) is 3.74. The van der Waals surface area contributed by atoms with E-state index in [2.05, 4.69) is 38.9 Å². The van der Waals surface area contributed by atoms with Crippen LogP contribution in [0.4, 0.5) is 9.93 Å². The molecule has 2 aliphatic rings. The normalized spacial score (nSPS) is 17.5. The minimum absolute atomic E-state index is 0.0110. The number of ether oxygens (including phenoxy) is 2. The van der Waals surface area contributed by atoms with E-state index in [1.807, 2.05) is 11.4 Å². The van der Waals surface area contributed by atoms with Crippen molar-refractivity contribution in [1.82, 2.24) is 25.2 Å². The topological polar surface area (TPSA) is 174 Å². The van der Waals surface area contributed by atoms with Crippen molar-refractivity contribution in [3.05, 3.63) is 77.7 Å². The van der Waals surface area contributed by atoms with E-state index in [1.54, 1.807) is 18.5 Å². The number of nitrogens with zero attached hydrogens (tertiary/aromatic N) is 5. The van der Waals surface area contributed by atoms with Crippen molar-refractivity contribution in [3.63, 3.8) is 0 Å². The number of allylic oxidation sites excluding steroid dienone is 1. The Kier molecular flexibility index (Phi) is 9.74. The number of rotatable bonds is 12. The Balaban J connectivity index is 1.35. The molecule has 3 amide bonds. The van der Waals surface area contributed by atoms with E-state index in [-0.39, 0.29) is 35.4 Å². The molecule has 16 heteroatoms. The predicted molar refractivity (Wildman–Crippen MR) is 166 cm³/mol. The molecular weight excluding hydrogens is 622 g/mol. The number of aromatic nitrogens is 3. The predicted octanol–water partition coefficient (Wildman–Crippen LogP) is 3.38. The number of nitrogens with one attached hydrogen (secondary N) is 2. The molecule has 232 valence electrons. The molecule has 1 fully saturated rings. The van der Waals surface area contributed by atoms with Crippen molar-refractivity contribution in [2.24, 2.45) is 5.16 Å². The molecule has 0 aromatic carbocycles. The van der Waals surface area contributed by atoms with Crippen LogP contribution >= 0.6 is 22.7 Å². The highest BCUT2D eigenvalue weighted by atomic mass is 32.1. The summed E-state index contributed by atoms with van der Waals surface area (Å²) >= 11 is 2.43. The summed E-state index contributed by atoms with van der Waals surface area (Å²) < 4.78 is 10.2. The number of thiazole rings is 2. The van der Waals surface area contributed by atoms with Crippen LogP contribution in [0, 0.1) is 0 Å². The number of fused-ring (bicyclic) bond motifs is 1. The maximum absolute atomic E-state index is 13.5. The van der Waals surface area contributed by atoms with Crippen LogP contribution in [-0.4, -0.2) is 81.8 Å². The van der Waals surface area contributed by atoms with E-state index in [0.29, 0.717) is 29.1 Å². The third-order valence-corrected chi connectivity index (χ3v) is 8.31. The van der Waals surface area contributed by atoms with E-state index in [1.165, 1.54) is 40.9 Å². The zero-order chi connectivity index (χ0) is 31.9. The molecule has 5 heterocycles. The van der Waals surface area contributed by atoms with Crippen LogP contribution in [0.1, 0.15) is 24.2 Å². The van der Waals surface area contributed by atoms with Crippen LogP contribution in [0.2, 0.25) is 0 Å². The SMILES string of the molecule is C=CCOC(=O)Nc1nc(/C(=N/OC)C(=O)N[C@@H]2C(=O)N3C(C(=O)OCC=C)=C(c4csc(-c5cccnc5)n4)CC[C@H]23)cs1. The fourth-order valence-electron chi connectivity index (χ4n) is 4.74. The smallest absolute Gasteiger partial charge is 0.413 e. The molecule has 0 saturated carbocycles. The lowest BCUT2D eigenvalue weighted by molar-refractivity contribution is -0.156. The maximum atomic E-state index is 13.5. The summed E-state index contributed by atoms with van der Waals surface area (Å²) in [6.45, 7) is 7.03. The highest BCUT2D eigenvalue weighted by Gasteiger charge is 2.54. The van der Waals surface area contributed by atoms with Gasteiger partial charge in [-0.15, -0.1) is 22.7 Å². The van der Waals surface area contributed by atoms with E-state index >= 15 is 0 Å². The molecule has 5 rings (SSSR count). The van der Waals surface area contributed by atoms with Crippen LogP contribution < -0.4 is 10.6 Å². The van der Waals surface area contributed by atoms with Gasteiger partial charge in [0, 0.05) is 34.3 Å². The zero-order valence-corrected chi connectivity index (χ0v) is 25.6. The van der Waals surface area contributed by atoms with Gasteiger partial charge in [0.05, 0.1) is 11.7 Å². The van der Waals surface area contributed by atoms with E-state index in [0.717, 1.165) is 16.9 Å². The molecule has 2 aliphatic heterocycles. The van der Waals surface area contributed by atoms with Crippen LogP contribution in [0.15, 0.2) is 71.4 Å². The molecule has 3 aromatic heterocycles. The summed E-state index contributed by atoms with van der Waals surface area (Å²) in [4.78, 5) is 71.2. The second kappa shape index (κ2) is 14.0. The van der Waals surface area contributed by atoms with Crippen LogP contribution in [0.5, 0.6) is 0 Å². The van der Waals surface area contributed by atoms with Gasteiger partial charge in [-0.1, -0.05) is 30.5 Å². The number of esters is 1. The molecule has 0 unspecified atom stereocenters. The van der Waals surface area contributed by atoms with Crippen molar-refractivity contribution in [1.29, 1.82) is 0 Å². The van der Waals surface area contributed by atoms with Gasteiger partial charge in [0.1, 0.15) is 42.8 Å². The minimum Gasteiger partial charge on any atom is -0.457 e. The van der Waals surface area contributed by atoms with Gasteiger partial charge in [-0.05, 0) is 25.0 Å². The maximum Gasteiger partial charge on any atom is 0.413 e. The lowest BCUT2D eigenvalue weighted by Crippen LogP contribution is -2.72. The molecule has 14 nitrogen and oxygen atoms in total. The van der Waals surface area contributed by atoms with Gasteiger partial charge in [0.25, 0.3) is 11.8 Å². The number of hydrogen-bond acceptors (Lipinski definition) is 13. The number of carbonyl (C=O) groups excluding carboxylic acids is 4. The third kappa shape index (κ3) is 6.66. The quantitative estimate of drug-likeness (QED) is 0.0973. The Bertz CT molecular complexity index is 1700. The second-order valence-corrected chi connectivity index (χ2v) is 11.1. The Morgan fingerprint density at radius 3 is 2.69 bits per heavy atom. The molecule has 0 aliphatic carbocycles. The Hall–Kier alpha value is -5.22. The Labute approximate surface area is 265 Å². The van der Waals surface area contributed by atoms with E-state index in [4.69, 9.17) is 19.3 Å². The van der Waals surface area contributed by atoms with Gasteiger partial charge in [-0.25, -0.2) is 19.6 Å². The first-order valence-electron chi connectivity index (χ1n) is 13.5. The highest BCUT2D eigenvalue weighted by Crippen LogP contribution is 2.42. The number of oxime groups is 1. The number of anilines is 1. The first kappa shape index (κ1) is 31.2. The molecule has 0 spiro atoms. The molecule has 2 N–H and O–H groups in total. The molecule has 0 radical (unpaired) electrons. The largest absolute Gasteiger partial charge is 0.457 e. The number of pyridine rings is 1. The summed E-state index contributed by atoms with van der Waals surface area (Å²) in [5, 5.41) is 13.1. The summed E-state index contributed by atoms with van der Waals surface area (Å²) in [5.74, 6) is -1.92. The lowest BCUT2D eigenvalue weighted by atomic mass is 9.82. The van der Waals surface area contributed by atoms with Crippen molar-refractivity contribution in [2.75, 3.05) is 25.6 Å². The number of hydrogen-bond donors (Lipinski definition) is 2. The third-order valence-electron chi connectivity index (χ3n) is 6.66. The fourth-order valence-corrected chi connectivity index (χ4v) is 6.25. The van der Waals surface area contributed by atoms with Gasteiger partial charge in [-0.2, -0.15) is 0 Å². The zero-order valence-electron chi connectivity index (χ0n) is 23.9. The van der Waals surface area contributed by atoms with Gasteiger partial charge in [0.15, 0.2) is 10.8 Å². The van der Waals surface area contributed by atoms with Gasteiger partial charge >= 0.3 is 12.1 Å². The van der Waals surface area contributed by atoms with Crippen LogP contribution in [0.3, 0.4) is 0 Å². The summed E-state index contributed by atoms with van der Waals surface area (Å²) in [5.41, 5.74) is 1.92. The number of carbonyl (C=O) groups is 4. The molecule has 2 atom stereocenters. The number of amides is 3. The van der Waals surface area contributed by atoms with Crippen molar-refractivity contribution < 1.29 is 33.5 Å². The van der Waals surface area contributed by atoms with Crippen LogP contribution in [0.25, 0.3) is 16.1 Å². The monoisotopic (exact) mass is 649 g/mol. The second-order valence-electron chi connectivity index (χ2n) is 9.43. The molecule has 3 aromatic rings. The Morgan fingerprint density at radius 2 is 1.96 bits per heavy atom. The summed E-state index contributed by atoms with van der Waals surface area (Å²) in [6.07, 6.45) is 6.31. The van der Waals surface area contributed by atoms with E-state index in [9.17, 15) is 19.2 Å². The van der Waals surface area contributed by atoms with Gasteiger partial charge in [0.2, 0.25) is 0 Å².